The van der Waals surface area contributed by atoms with Crippen LogP contribution in [0.5, 0.6) is 0 Å². The van der Waals surface area contributed by atoms with Gasteiger partial charge in [0, 0.05) is 5.39 Å². The van der Waals surface area contributed by atoms with E-state index in [2.05, 4.69) is 4.98 Å². The second-order valence-electron chi connectivity index (χ2n) is 5.26. The van der Waals surface area contributed by atoms with Crippen molar-refractivity contribution in [3.8, 4) is 0 Å². The Bertz CT molecular complexity index is 1030. The van der Waals surface area contributed by atoms with E-state index in [9.17, 15) is 9.59 Å². The number of ketones is 1. The van der Waals surface area contributed by atoms with Crippen LogP contribution in [0.15, 0.2) is 54.6 Å². The van der Waals surface area contributed by atoms with Gasteiger partial charge in [-0.2, -0.15) is 0 Å². The molecule has 4 nitrogen and oxygen atoms in total. The summed E-state index contributed by atoms with van der Waals surface area (Å²) >= 11 is 11.9. The third-order valence-electron chi connectivity index (χ3n) is 3.57. The van der Waals surface area contributed by atoms with Crippen LogP contribution in [0.4, 0.5) is 0 Å². The molecule has 0 saturated heterocycles. The van der Waals surface area contributed by atoms with Gasteiger partial charge in [0.15, 0.2) is 0 Å². The molecule has 1 heterocycles. The fourth-order valence-electron chi connectivity index (χ4n) is 2.36. The van der Waals surface area contributed by atoms with Crippen molar-refractivity contribution < 1.29 is 14.7 Å². The summed E-state index contributed by atoms with van der Waals surface area (Å²) in [6, 6.07) is 15.5. The maximum absolute atomic E-state index is 12.2. The predicted octanol–water partition coefficient (Wildman–Crippen LogP) is 4.74. The van der Waals surface area contributed by atoms with Crippen LogP contribution in [0.3, 0.4) is 0 Å². The second-order valence-corrected chi connectivity index (χ2v) is 6.07. The highest BCUT2D eigenvalue weighted by Gasteiger charge is 2.21. The first kappa shape index (κ1) is 17.1. The van der Waals surface area contributed by atoms with Gasteiger partial charge in [-0.25, -0.2) is 9.78 Å². The lowest BCUT2D eigenvalue weighted by molar-refractivity contribution is -0.146. The van der Waals surface area contributed by atoms with E-state index >= 15 is 0 Å². The number of nitrogens with zero attached hydrogens (tertiary/aromatic N) is 1. The fraction of sp³-hybridized carbons (Fsp3) is 0. The molecule has 0 fully saturated rings. The van der Waals surface area contributed by atoms with E-state index in [1.165, 1.54) is 6.08 Å². The Morgan fingerprint density at radius 3 is 2.44 bits per heavy atom. The van der Waals surface area contributed by atoms with Crippen LogP contribution in [0.2, 0.25) is 10.0 Å². The van der Waals surface area contributed by atoms with Gasteiger partial charge >= 0.3 is 5.97 Å². The van der Waals surface area contributed by atoms with Gasteiger partial charge in [-0.3, -0.25) is 4.79 Å². The number of pyridine rings is 1. The van der Waals surface area contributed by atoms with Gasteiger partial charge in [0.05, 0.1) is 26.8 Å². The Labute approximate surface area is 153 Å². The van der Waals surface area contributed by atoms with E-state index in [0.717, 1.165) is 5.39 Å². The zero-order chi connectivity index (χ0) is 18.0. The zero-order valence-electron chi connectivity index (χ0n) is 12.7. The van der Waals surface area contributed by atoms with Gasteiger partial charge < -0.3 is 5.11 Å². The molecule has 0 spiro atoms. The molecular formula is C19H11Cl2NO3. The SMILES string of the molecule is O=C(O)C(=O)/C(=C/c1ccc(Cl)c(Cl)c1)c1ccc2ccccc2n1. The highest BCUT2D eigenvalue weighted by molar-refractivity contribution is 6.52. The van der Waals surface area contributed by atoms with Crippen molar-refractivity contribution in [1.82, 2.24) is 4.98 Å². The Kier molecular flexibility index (Phi) is 4.83. The number of aromatic nitrogens is 1. The average Bonchev–Trinajstić information content (AvgIpc) is 2.61. The van der Waals surface area contributed by atoms with E-state index in [1.54, 1.807) is 36.4 Å². The average molecular weight is 372 g/mol. The van der Waals surface area contributed by atoms with Crippen molar-refractivity contribution in [1.29, 1.82) is 0 Å². The molecule has 1 N–H and O–H groups in total. The van der Waals surface area contributed by atoms with Crippen LogP contribution in [0.1, 0.15) is 11.3 Å². The summed E-state index contributed by atoms with van der Waals surface area (Å²) in [5, 5.41) is 10.7. The summed E-state index contributed by atoms with van der Waals surface area (Å²) in [5.41, 5.74) is 1.46. The summed E-state index contributed by atoms with van der Waals surface area (Å²) in [7, 11) is 0. The lowest BCUT2D eigenvalue weighted by Crippen LogP contribution is -2.15. The number of carboxylic acid groups (broad SMARTS) is 1. The molecule has 0 radical (unpaired) electrons. The van der Waals surface area contributed by atoms with Gasteiger partial charge in [-0.05, 0) is 35.9 Å². The van der Waals surface area contributed by atoms with Crippen LogP contribution >= 0.6 is 23.2 Å². The lowest BCUT2D eigenvalue weighted by Gasteiger charge is -2.06. The monoisotopic (exact) mass is 371 g/mol. The number of rotatable bonds is 4. The number of fused-ring (bicyclic) bond motifs is 1. The molecule has 0 amide bonds. The summed E-state index contributed by atoms with van der Waals surface area (Å²) in [6.07, 6.45) is 1.44. The normalized spacial score (nSPS) is 11.5. The van der Waals surface area contributed by atoms with E-state index < -0.39 is 11.8 Å². The van der Waals surface area contributed by atoms with Crippen LogP contribution in [-0.2, 0) is 9.59 Å². The Hall–Kier alpha value is -2.69. The summed E-state index contributed by atoms with van der Waals surface area (Å²) in [6.45, 7) is 0. The molecule has 0 atom stereocenters. The van der Waals surface area contributed by atoms with Gasteiger partial charge in [0.2, 0.25) is 0 Å². The minimum atomic E-state index is -1.55. The first-order valence-electron chi connectivity index (χ1n) is 7.26. The summed E-state index contributed by atoms with van der Waals surface area (Å²) < 4.78 is 0. The Balaban J connectivity index is 2.16. The number of para-hydroxylation sites is 1. The summed E-state index contributed by atoms with van der Waals surface area (Å²) in [5.74, 6) is -2.60. The Morgan fingerprint density at radius 1 is 0.960 bits per heavy atom. The zero-order valence-corrected chi connectivity index (χ0v) is 14.3. The number of hydrogen-bond donors (Lipinski definition) is 1. The number of carbonyl (C=O) groups excluding carboxylic acids is 1. The van der Waals surface area contributed by atoms with Crippen LogP contribution < -0.4 is 0 Å². The van der Waals surface area contributed by atoms with Crippen molar-refractivity contribution in [3.05, 3.63) is 75.9 Å². The number of aliphatic carboxylic acids is 1. The maximum atomic E-state index is 12.2. The Morgan fingerprint density at radius 2 is 1.72 bits per heavy atom. The van der Waals surface area contributed by atoms with E-state index in [-0.39, 0.29) is 11.3 Å². The van der Waals surface area contributed by atoms with Crippen molar-refractivity contribution in [2.45, 2.75) is 0 Å². The highest BCUT2D eigenvalue weighted by Crippen LogP contribution is 2.26. The van der Waals surface area contributed by atoms with Crippen LogP contribution in [0, 0.1) is 0 Å². The molecule has 3 rings (SSSR count). The number of halogens is 2. The van der Waals surface area contributed by atoms with Gasteiger partial charge in [0.25, 0.3) is 5.78 Å². The molecular weight excluding hydrogens is 361 g/mol. The topological polar surface area (TPSA) is 67.3 Å². The molecule has 1 aromatic heterocycles. The summed E-state index contributed by atoms with van der Waals surface area (Å²) in [4.78, 5) is 27.8. The molecule has 0 bridgehead atoms. The van der Waals surface area contributed by atoms with E-state index in [4.69, 9.17) is 28.3 Å². The predicted molar refractivity (Wildman–Crippen MR) is 98.7 cm³/mol. The molecule has 0 aliphatic carbocycles. The van der Waals surface area contributed by atoms with Crippen molar-refractivity contribution in [2.75, 3.05) is 0 Å². The highest BCUT2D eigenvalue weighted by atomic mass is 35.5. The molecule has 0 aliphatic rings. The first-order chi connectivity index (χ1) is 12.0. The molecule has 0 unspecified atom stereocenters. The van der Waals surface area contributed by atoms with Crippen molar-refractivity contribution in [3.63, 3.8) is 0 Å². The fourth-order valence-corrected chi connectivity index (χ4v) is 2.66. The van der Waals surface area contributed by atoms with E-state index in [0.29, 0.717) is 21.1 Å². The number of hydrogen-bond acceptors (Lipinski definition) is 3. The van der Waals surface area contributed by atoms with Crippen LogP contribution in [0.25, 0.3) is 22.6 Å². The minimum absolute atomic E-state index is 0.0309. The number of carboxylic acids is 1. The van der Waals surface area contributed by atoms with Crippen LogP contribution in [-0.4, -0.2) is 21.8 Å². The lowest BCUT2D eigenvalue weighted by atomic mass is 10.0. The van der Waals surface area contributed by atoms with Gasteiger partial charge in [0.1, 0.15) is 0 Å². The van der Waals surface area contributed by atoms with Gasteiger partial charge in [-0.1, -0.05) is 53.5 Å². The molecule has 0 saturated carbocycles. The van der Waals surface area contributed by atoms with Gasteiger partial charge in [-0.15, -0.1) is 0 Å². The molecule has 25 heavy (non-hydrogen) atoms. The molecule has 0 aliphatic heterocycles. The second kappa shape index (κ2) is 7.05. The largest absolute Gasteiger partial charge is 0.475 e. The minimum Gasteiger partial charge on any atom is -0.475 e. The van der Waals surface area contributed by atoms with E-state index in [1.807, 2.05) is 18.2 Å². The van der Waals surface area contributed by atoms with Crippen molar-refractivity contribution in [2.24, 2.45) is 0 Å². The number of carbonyl (C=O) groups is 2. The van der Waals surface area contributed by atoms with Crippen molar-refractivity contribution >= 4 is 57.5 Å². The molecule has 124 valence electrons. The number of Topliss-reactive ketones (excluding diaryl/α,β-unsaturated/α-hetero) is 1. The first-order valence-corrected chi connectivity index (χ1v) is 8.02. The molecule has 3 aromatic rings. The standard InChI is InChI=1S/C19H11Cl2NO3/c20-14-7-5-11(10-15(14)21)9-13(18(23)19(24)25)17-8-6-12-3-1-2-4-16(12)22-17/h1-10H,(H,24,25)/b13-9+. The molecule has 6 heteroatoms. The quantitative estimate of drug-likeness (QED) is 0.531. The molecule has 2 aromatic carbocycles. The third kappa shape index (κ3) is 3.71. The maximum Gasteiger partial charge on any atom is 0.377 e. The smallest absolute Gasteiger partial charge is 0.377 e. The number of benzene rings is 2. The third-order valence-corrected chi connectivity index (χ3v) is 4.31.